The van der Waals surface area contributed by atoms with Crippen molar-refractivity contribution < 1.29 is 14.5 Å². The molecule has 0 saturated heterocycles. The lowest BCUT2D eigenvalue weighted by Gasteiger charge is -2.18. The summed E-state index contributed by atoms with van der Waals surface area (Å²) in [5.74, 6) is 0.0893. The first kappa shape index (κ1) is 18.1. The van der Waals surface area contributed by atoms with Crippen LogP contribution in [0.25, 0.3) is 10.9 Å². The van der Waals surface area contributed by atoms with Gasteiger partial charge in [-0.25, -0.2) is 0 Å². The molecule has 0 aliphatic rings. The van der Waals surface area contributed by atoms with Crippen LogP contribution in [0.2, 0.25) is 0 Å². The Labute approximate surface area is 154 Å². The minimum atomic E-state index is -0.840. The Bertz CT molecular complexity index is 1090. The topological polar surface area (TPSA) is 103 Å². The van der Waals surface area contributed by atoms with Gasteiger partial charge in [0, 0.05) is 23.6 Å². The monoisotopic (exact) mass is 367 g/mol. The van der Waals surface area contributed by atoms with E-state index in [1.807, 2.05) is 0 Å². The second-order valence-electron chi connectivity index (χ2n) is 5.91. The lowest BCUT2D eigenvalue weighted by Crippen LogP contribution is -2.31. The summed E-state index contributed by atoms with van der Waals surface area (Å²) in [6.07, 6.45) is 0. The number of fused-ring (bicyclic) bond motifs is 1. The van der Waals surface area contributed by atoms with Gasteiger partial charge in [-0.15, -0.1) is 0 Å². The number of nitro benzene ring substituents is 1. The lowest BCUT2D eigenvalue weighted by atomic mass is 10.1. The molecule has 1 unspecified atom stereocenters. The van der Waals surface area contributed by atoms with Crippen LogP contribution in [-0.4, -0.2) is 22.5 Å². The summed E-state index contributed by atoms with van der Waals surface area (Å²) in [7, 11) is 1.50. The fourth-order valence-electron chi connectivity index (χ4n) is 2.87. The highest BCUT2D eigenvalue weighted by Crippen LogP contribution is 2.25. The zero-order chi connectivity index (χ0) is 19.6. The van der Waals surface area contributed by atoms with Crippen LogP contribution in [0, 0.1) is 10.1 Å². The largest absolute Gasteiger partial charge is 0.495 e. The minimum absolute atomic E-state index is 0.0844. The molecule has 3 rings (SSSR count). The number of para-hydroxylation sites is 2. The van der Waals surface area contributed by atoms with Gasteiger partial charge in [-0.2, -0.15) is 0 Å². The van der Waals surface area contributed by atoms with Gasteiger partial charge in [0.25, 0.3) is 11.2 Å². The average Bonchev–Trinajstić information content (AvgIpc) is 2.67. The van der Waals surface area contributed by atoms with Crippen LogP contribution in [0.3, 0.4) is 0 Å². The van der Waals surface area contributed by atoms with Crippen molar-refractivity contribution >= 4 is 28.2 Å². The van der Waals surface area contributed by atoms with Crippen molar-refractivity contribution in [2.24, 2.45) is 0 Å². The van der Waals surface area contributed by atoms with Crippen LogP contribution in [0.4, 0.5) is 11.4 Å². The molecule has 8 nitrogen and oxygen atoms in total. The van der Waals surface area contributed by atoms with Gasteiger partial charge in [0.1, 0.15) is 11.8 Å². The van der Waals surface area contributed by atoms with E-state index in [9.17, 15) is 19.7 Å². The predicted molar refractivity (Wildman–Crippen MR) is 101 cm³/mol. The second kappa shape index (κ2) is 7.28. The third-order valence-electron chi connectivity index (χ3n) is 4.26. The summed E-state index contributed by atoms with van der Waals surface area (Å²) < 4.78 is 6.52. The molecule has 0 radical (unpaired) electrons. The number of ether oxygens (including phenoxy) is 1. The highest BCUT2D eigenvalue weighted by molar-refractivity contribution is 5.96. The lowest BCUT2D eigenvalue weighted by molar-refractivity contribution is -0.384. The van der Waals surface area contributed by atoms with Crippen LogP contribution in [-0.2, 0) is 4.79 Å². The zero-order valence-corrected chi connectivity index (χ0v) is 14.7. The second-order valence-corrected chi connectivity index (χ2v) is 5.91. The Kier molecular flexibility index (Phi) is 4.89. The standard InChI is InChI=1S/C19H17N3O5/c1-12(19(24)20-15-5-3-4-6-17(15)27-2)21-16-9-8-14(22(25)26)11-13(16)7-10-18(21)23/h3-12H,1-2H3,(H,20,24). The van der Waals surface area contributed by atoms with Crippen LogP contribution in [0.1, 0.15) is 13.0 Å². The summed E-state index contributed by atoms with van der Waals surface area (Å²) in [5, 5.41) is 14.2. The van der Waals surface area contributed by atoms with E-state index in [-0.39, 0.29) is 11.2 Å². The molecule has 27 heavy (non-hydrogen) atoms. The average molecular weight is 367 g/mol. The number of nitrogens with zero attached hydrogens (tertiary/aromatic N) is 2. The number of hydrogen-bond acceptors (Lipinski definition) is 5. The Balaban J connectivity index is 2.00. The molecule has 0 fully saturated rings. The maximum Gasteiger partial charge on any atom is 0.270 e. The maximum atomic E-state index is 12.7. The fourth-order valence-corrected chi connectivity index (χ4v) is 2.87. The van der Waals surface area contributed by atoms with Crippen molar-refractivity contribution in [3.05, 3.63) is 75.1 Å². The third kappa shape index (κ3) is 3.50. The number of anilines is 1. The van der Waals surface area contributed by atoms with Gasteiger partial charge in [0.05, 0.1) is 23.2 Å². The first-order valence-corrected chi connectivity index (χ1v) is 8.16. The highest BCUT2D eigenvalue weighted by Gasteiger charge is 2.20. The number of pyridine rings is 1. The Morgan fingerprint density at radius 1 is 1.19 bits per heavy atom. The quantitative estimate of drug-likeness (QED) is 0.551. The number of carbonyl (C=O) groups is 1. The van der Waals surface area contributed by atoms with E-state index in [4.69, 9.17) is 4.74 Å². The molecule has 1 atom stereocenters. The molecular weight excluding hydrogens is 350 g/mol. The predicted octanol–water partition coefficient (Wildman–Crippen LogP) is 3.12. The van der Waals surface area contributed by atoms with Crippen molar-refractivity contribution in [3.8, 4) is 5.75 Å². The maximum absolute atomic E-state index is 12.7. The molecule has 0 saturated carbocycles. The van der Waals surface area contributed by atoms with E-state index in [2.05, 4.69) is 5.32 Å². The molecule has 0 spiro atoms. The Hall–Kier alpha value is -3.68. The summed E-state index contributed by atoms with van der Waals surface area (Å²) in [6, 6.07) is 13.0. The number of hydrogen-bond donors (Lipinski definition) is 1. The van der Waals surface area contributed by atoms with Crippen molar-refractivity contribution in [2.75, 3.05) is 12.4 Å². The molecule has 1 N–H and O–H groups in total. The third-order valence-corrected chi connectivity index (χ3v) is 4.26. The highest BCUT2D eigenvalue weighted by atomic mass is 16.6. The summed E-state index contributed by atoms with van der Waals surface area (Å²) in [6.45, 7) is 1.59. The molecule has 0 aliphatic heterocycles. The van der Waals surface area contributed by atoms with Gasteiger partial charge in [-0.3, -0.25) is 24.3 Å². The molecule has 1 heterocycles. The van der Waals surface area contributed by atoms with E-state index in [0.717, 1.165) is 0 Å². The van der Waals surface area contributed by atoms with Crippen LogP contribution in [0.5, 0.6) is 5.75 Å². The number of rotatable bonds is 5. The molecule has 3 aromatic rings. The van der Waals surface area contributed by atoms with Crippen molar-refractivity contribution in [1.29, 1.82) is 0 Å². The van der Waals surface area contributed by atoms with Crippen molar-refractivity contribution in [1.82, 2.24) is 4.57 Å². The van der Waals surface area contributed by atoms with Crippen LogP contribution < -0.4 is 15.6 Å². The number of carbonyl (C=O) groups excluding carboxylic acids is 1. The SMILES string of the molecule is COc1ccccc1NC(=O)C(C)n1c(=O)ccc2cc([N+](=O)[O-])ccc21. The molecule has 0 bridgehead atoms. The Morgan fingerprint density at radius 3 is 2.63 bits per heavy atom. The van der Waals surface area contributed by atoms with Gasteiger partial charge < -0.3 is 10.1 Å². The van der Waals surface area contributed by atoms with Crippen molar-refractivity contribution in [2.45, 2.75) is 13.0 Å². The number of methoxy groups -OCH3 is 1. The van der Waals surface area contributed by atoms with Gasteiger partial charge in [-0.05, 0) is 31.2 Å². The molecular formula is C19H17N3O5. The molecule has 1 amide bonds. The molecule has 8 heteroatoms. The fraction of sp³-hybridized carbons (Fsp3) is 0.158. The van der Waals surface area contributed by atoms with Gasteiger partial charge >= 0.3 is 0 Å². The molecule has 0 aliphatic carbocycles. The molecule has 1 aromatic heterocycles. The smallest absolute Gasteiger partial charge is 0.270 e. The van der Waals surface area contributed by atoms with E-state index >= 15 is 0 Å². The van der Waals surface area contributed by atoms with Gasteiger partial charge in [-0.1, -0.05) is 12.1 Å². The zero-order valence-electron chi connectivity index (χ0n) is 14.7. The van der Waals surface area contributed by atoms with Crippen LogP contribution >= 0.6 is 0 Å². The Morgan fingerprint density at radius 2 is 1.93 bits per heavy atom. The molecule has 2 aromatic carbocycles. The number of benzene rings is 2. The normalized spacial score (nSPS) is 11.8. The summed E-state index contributed by atoms with van der Waals surface area (Å²) in [4.78, 5) is 35.6. The number of aromatic nitrogens is 1. The molecule has 138 valence electrons. The number of non-ortho nitro benzene ring substituents is 1. The first-order valence-electron chi connectivity index (χ1n) is 8.16. The number of nitro groups is 1. The summed E-state index contributed by atoms with van der Waals surface area (Å²) >= 11 is 0. The number of nitrogens with one attached hydrogen (secondary N) is 1. The van der Waals surface area contributed by atoms with Crippen molar-refractivity contribution in [3.63, 3.8) is 0 Å². The van der Waals surface area contributed by atoms with E-state index in [1.54, 1.807) is 31.2 Å². The first-order chi connectivity index (χ1) is 12.9. The van der Waals surface area contributed by atoms with Gasteiger partial charge in [0.2, 0.25) is 5.91 Å². The van der Waals surface area contributed by atoms with E-state index < -0.39 is 16.9 Å². The van der Waals surface area contributed by atoms with E-state index in [1.165, 1.54) is 42.0 Å². The summed E-state index contributed by atoms with van der Waals surface area (Å²) in [5.41, 5.74) is 0.467. The van der Waals surface area contributed by atoms with Gasteiger partial charge in [0.15, 0.2) is 0 Å². The minimum Gasteiger partial charge on any atom is -0.495 e. The van der Waals surface area contributed by atoms with Crippen LogP contribution in [0.15, 0.2) is 59.4 Å². The number of amides is 1. The van der Waals surface area contributed by atoms with E-state index in [0.29, 0.717) is 22.3 Å².